The summed E-state index contributed by atoms with van der Waals surface area (Å²) < 4.78 is 34.9. The van der Waals surface area contributed by atoms with Crippen LogP contribution >= 0.6 is 0 Å². The lowest BCUT2D eigenvalue weighted by atomic mass is 9.88. The molecule has 99 heavy (non-hydrogen) atoms. The van der Waals surface area contributed by atoms with Crippen molar-refractivity contribution in [1.82, 2.24) is 10.6 Å². The fraction of sp³-hybridized carbons (Fsp3) is 0.934. The second-order valence-electron chi connectivity index (χ2n) is 28.9. The van der Waals surface area contributed by atoms with Crippen molar-refractivity contribution in [2.45, 2.75) is 426 Å². The molecule has 3 heterocycles. The Kier molecular flexibility index (Phi) is 51.2. The summed E-state index contributed by atoms with van der Waals surface area (Å²) in [6.07, 6.45) is 29.2. The molecule has 0 aliphatic carbocycles. The number of aliphatic hydroxyl groups is 11. The van der Waals surface area contributed by atoms with Crippen molar-refractivity contribution >= 4 is 17.8 Å². The predicted molar refractivity (Wildman–Crippen MR) is 380 cm³/mol. The molecular weight excluding hydrogens is 1280 g/mol. The quantitative estimate of drug-likeness (QED) is 0.0199. The van der Waals surface area contributed by atoms with Gasteiger partial charge in [-0.15, -0.1) is 0 Å². The summed E-state index contributed by atoms with van der Waals surface area (Å²) in [7, 11) is 0. The molecule has 0 radical (unpaired) electrons. The summed E-state index contributed by atoms with van der Waals surface area (Å²) in [6.45, 7) is 2.25. The van der Waals surface area contributed by atoms with E-state index in [9.17, 15) is 75.7 Å². The van der Waals surface area contributed by atoms with E-state index in [-0.39, 0.29) is 18.9 Å². The summed E-state index contributed by atoms with van der Waals surface area (Å²) in [5.74, 6) is -6.09. The highest BCUT2D eigenvalue weighted by atomic mass is 16.8. The van der Waals surface area contributed by atoms with Crippen LogP contribution in [0.1, 0.15) is 316 Å². The molecule has 0 spiro atoms. The van der Waals surface area contributed by atoms with Crippen LogP contribution in [0.2, 0.25) is 0 Å². The van der Waals surface area contributed by atoms with Gasteiger partial charge < -0.3 is 100 Å². The molecule has 18 unspecified atom stereocenters. The van der Waals surface area contributed by atoms with E-state index in [2.05, 4.69) is 36.6 Å². The number of aliphatic carboxylic acids is 1. The van der Waals surface area contributed by atoms with E-state index in [1.807, 2.05) is 0 Å². The molecular formula is C76H142N2O21. The van der Waals surface area contributed by atoms with Crippen LogP contribution in [0.15, 0.2) is 12.2 Å². The number of hydrogen-bond donors (Lipinski definition) is 14. The lowest BCUT2D eigenvalue weighted by Gasteiger charge is -2.50. The maximum Gasteiger partial charge on any atom is 0.364 e. The average molecular weight is 1420 g/mol. The smallest absolute Gasteiger partial charge is 0.364 e. The summed E-state index contributed by atoms with van der Waals surface area (Å²) in [6, 6.07) is -2.53. The van der Waals surface area contributed by atoms with Crippen molar-refractivity contribution in [1.29, 1.82) is 0 Å². The number of hydrogen-bond acceptors (Lipinski definition) is 20. The van der Waals surface area contributed by atoms with E-state index in [4.69, 9.17) is 28.4 Å². The van der Waals surface area contributed by atoms with E-state index < -0.39 is 148 Å². The molecule has 0 aromatic rings. The molecule has 0 saturated carbocycles. The molecule has 14 N–H and O–H groups in total. The number of carbonyl (C=O) groups is 3. The zero-order chi connectivity index (χ0) is 72.5. The van der Waals surface area contributed by atoms with Gasteiger partial charge in [-0.05, 0) is 38.5 Å². The van der Waals surface area contributed by atoms with Crippen LogP contribution in [-0.2, 0) is 42.8 Å². The molecule has 23 heteroatoms. The molecule has 0 aromatic heterocycles. The second-order valence-corrected chi connectivity index (χ2v) is 28.9. The summed E-state index contributed by atoms with van der Waals surface area (Å²) in [5, 5.41) is 136. The van der Waals surface area contributed by atoms with Crippen molar-refractivity contribution in [3.8, 4) is 0 Å². The standard InChI is InChI=1S/C76H142N2O21/c1-4-6-8-10-12-14-16-18-20-22-23-24-25-26-27-28-29-30-31-32-34-36-38-40-42-44-46-48-50-63(86)78-57(58(83)49-47-45-43-41-39-37-35-33-21-19-17-15-13-11-9-7-5-2)55-94-73-68(90)67(89)70(62(54-81)96-73)97-74-69(91)72(66(88)61(53-80)95-74)99-76(75(92)93)51-59(84)64(77-56(3)82)71(98-76)65(87)60(85)52-79/h26-27,57-62,64-74,79-81,83-85,87-91H,4-25,28-55H2,1-3H3,(H,77,82)(H,78,86)(H,92,93)/b27-26-. The lowest BCUT2D eigenvalue weighted by molar-refractivity contribution is -0.386. The molecule has 3 aliphatic rings. The fourth-order valence-corrected chi connectivity index (χ4v) is 13.9. The van der Waals surface area contributed by atoms with Gasteiger partial charge in [-0.1, -0.05) is 270 Å². The van der Waals surface area contributed by atoms with Gasteiger partial charge in [-0.25, -0.2) is 4.79 Å². The maximum atomic E-state index is 13.5. The van der Waals surface area contributed by atoms with Gasteiger partial charge in [-0.2, -0.15) is 0 Å². The Morgan fingerprint density at radius 2 is 0.939 bits per heavy atom. The van der Waals surface area contributed by atoms with Crippen LogP contribution in [-0.4, -0.2) is 215 Å². The zero-order valence-electron chi connectivity index (χ0n) is 61.4. The molecule has 3 saturated heterocycles. The zero-order valence-corrected chi connectivity index (χ0v) is 61.4. The summed E-state index contributed by atoms with van der Waals surface area (Å²) >= 11 is 0. The third-order valence-corrected chi connectivity index (χ3v) is 20.2. The van der Waals surface area contributed by atoms with Gasteiger partial charge in [0.15, 0.2) is 12.6 Å². The Hall–Kier alpha value is -2.53. The number of carboxylic acids is 1. The van der Waals surface area contributed by atoms with Crippen molar-refractivity contribution in [3.63, 3.8) is 0 Å². The fourth-order valence-electron chi connectivity index (χ4n) is 13.9. The van der Waals surface area contributed by atoms with Crippen LogP contribution in [0, 0.1) is 0 Å². The first-order valence-electron chi connectivity index (χ1n) is 39.5. The predicted octanol–water partition coefficient (Wildman–Crippen LogP) is 9.80. The first-order valence-corrected chi connectivity index (χ1v) is 39.5. The number of amides is 2. The van der Waals surface area contributed by atoms with Crippen molar-refractivity contribution in [2.24, 2.45) is 0 Å². The Morgan fingerprint density at radius 1 is 0.515 bits per heavy atom. The molecule has 0 aromatic carbocycles. The number of carbonyl (C=O) groups excluding carboxylic acids is 2. The van der Waals surface area contributed by atoms with Crippen LogP contribution in [0.25, 0.3) is 0 Å². The number of unbranched alkanes of at least 4 members (excludes halogenated alkanes) is 40. The maximum absolute atomic E-state index is 13.5. The number of aliphatic hydroxyl groups excluding tert-OH is 11. The first-order chi connectivity index (χ1) is 47.9. The lowest BCUT2D eigenvalue weighted by Crippen LogP contribution is -2.70. The number of ether oxygens (including phenoxy) is 6. The minimum atomic E-state index is -3.08. The summed E-state index contributed by atoms with van der Waals surface area (Å²) in [4.78, 5) is 38.7. The SMILES string of the molecule is CCCCCCCCCCCCCC/C=C\CCCCCCCCCCCCCCC(=O)NC(COC1OC(CO)C(OC2OC(CO)C(O)C(OC3(C(=O)O)CC(O)C(NC(C)=O)C(C(O)C(O)CO)O3)C2O)C(O)C1O)C(O)CCCCCCCCCCCCCCCCCCC. The molecule has 3 rings (SSSR count). The third kappa shape index (κ3) is 36.8. The van der Waals surface area contributed by atoms with E-state index >= 15 is 0 Å². The minimum absolute atomic E-state index is 0.226. The third-order valence-electron chi connectivity index (χ3n) is 20.2. The highest BCUT2D eigenvalue weighted by Crippen LogP contribution is 2.39. The van der Waals surface area contributed by atoms with Gasteiger partial charge in [0.1, 0.15) is 67.1 Å². The van der Waals surface area contributed by atoms with E-state index in [0.717, 1.165) is 58.3 Å². The van der Waals surface area contributed by atoms with Gasteiger partial charge in [0, 0.05) is 19.8 Å². The molecule has 3 fully saturated rings. The topological polar surface area (TPSA) is 373 Å². The minimum Gasteiger partial charge on any atom is -0.477 e. The first kappa shape index (κ1) is 90.7. The number of rotatable bonds is 62. The Bertz CT molecular complexity index is 2030. The van der Waals surface area contributed by atoms with Gasteiger partial charge in [0.05, 0.1) is 50.7 Å². The van der Waals surface area contributed by atoms with E-state index in [1.165, 1.54) is 212 Å². The van der Waals surface area contributed by atoms with Crippen molar-refractivity contribution in [3.05, 3.63) is 12.2 Å². The van der Waals surface area contributed by atoms with E-state index in [0.29, 0.717) is 19.3 Å². The molecule has 3 aliphatic heterocycles. The molecule has 2 amide bonds. The largest absolute Gasteiger partial charge is 0.477 e. The highest BCUT2D eigenvalue weighted by molar-refractivity contribution is 5.77. The average Bonchev–Trinajstić information content (AvgIpc) is 0.757. The van der Waals surface area contributed by atoms with Gasteiger partial charge >= 0.3 is 5.97 Å². The Morgan fingerprint density at radius 3 is 1.36 bits per heavy atom. The van der Waals surface area contributed by atoms with Gasteiger partial charge in [0.25, 0.3) is 5.79 Å². The van der Waals surface area contributed by atoms with E-state index in [1.54, 1.807) is 0 Å². The van der Waals surface area contributed by atoms with Crippen molar-refractivity contribution < 1.29 is 104 Å². The van der Waals surface area contributed by atoms with Gasteiger partial charge in [0.2, 0.25) is 11.8 Å². The van der Waals surface area contributed by atoms with Crippen LogP contribution in [0.4, 0.5) is 0 Å². The Balaban J connectivity index is 1.50. The number of carboxylic acid groups (broad SMARTS) is 1. The van der Waals surface area contributed by atoms with Gasteiger partial charge in [-0.3, -0.25) is 9.59 Å². The van der Waals surface area contributed by atoms with Crippen LogP contribution in [0.5, 0.6) is 0 Å². The Labute approximate surface area is 594 Å². The number of nitrogens with one attached hydrogen (secondary N) is 2. The second kappa shape index (κ2) is 55.9. The normalized spacial score (nSPS) is 27.1. The monoisotopic (exact) mass is 1420 g/mol. The van der Waals surface area contributed by atoms with Crippen LogP contribution in [0.3, 0.4) is 0 Å². The highest BCUT2D eigenvalue weighted by Gasteiger charge is 2.60. The summed E-state index contributed by atoms with van der Waals surface area (Å²) in [5.41, 5.74) is 0. The molecule has 23 nitrogen and oxygen atoms in total. The molecule has 0 bridgehead atoms. The number of allylic oxidation sites excluding steroid dienone is 2. The molecule has 18 atom stereocenters. The van der Waals surface area contributed by atoms with Crippen molar-refractivity contribution in [2.75, 3.05) is 26.4 Å². The molecule has 582 valence electrons. The van der Waals surface area contributed by atoms with Crippen LogP contribution < -0.4 is 10.6 Å².